The Morgan fingerprint density at radius 2 is 2.26 bits per heavy atom. The first-order chi connectivity index (χ1) is 11.0. The Labute approximate surface area is 136 Å². The summed E-state index contributed by atoms with van der Waals surface area (Å²) in [4.78, 5) is 12.1. The molecule has 2 aromatic heterocycles. The molecule has 23 heavy (non-hydrogen) atoms. The lowest BCUT2D eigenvalue weighted by molar-refractivity contribution is 0.189. The third kappa shape index (κ3) is 4.85. The number of hydrogen-bond donors (Lipinski definition) is 2. The van der Waals surface area contributed by atoms with Crippen molar-refractivity contribution in [1.82, 2.24) is 15.1 Å². The highest BCUT2D eigenvalue weighted by Gasteiger charge is 2.15. The Morgan fingerprint density at radius 3 is 2.91 bits per heavy atom. The minimum atomic E-state index is -0.294. The van der Waals surface area contributed by atoms with Gasteiger partial charge in [0.25, 0.3) is 0 Å². The van der Waals surface area contributed by atoms with Crippen molar-refractivity contribution in [2.45, 2.75) is 39.8 Å². The van der Waals surface area contributed by atoms with E-state index < -0.39 is 0 Å². The largest absolute Gasteiger partial charge is 0.466 e. The molecule has 0 saturated carbocycles. The summed E-state index contributed by atoms with van der Waals surface area (Å²) in [6, 6.07) is 3.27. The molecule has 7 heteroatoms. The van der Waals surface area contributed by atoms with Gasteiger partial charge >= 0.3 is 6.03 Å². The molecule has 126 valence electrons. The molecule has 0 radical (unpaired) electrons. The van der Waals surface area contributed by atoms with Gasteiger partial charge in [-0.1, -0.05) is 0 Å². The van der Waals surface area contributed by atoms with E-state index in [0.717, 1.165) is 30.0 Å². The summed E-state index contributed by atoms with van der Waals surface area (Å²) in [6.45, 7) is 7.13. The van der Waals surface area contributed by atoms with Crippen LogP contribution in [-0.4, -0.2) is 29.5 Å². The summed E-state index contributed by atoms with van der Waals surface area (Å²) in [5.41, 5.74) is 0.975. The fraction of sp³-hybridized carbons (Fsp3) is 0.500. The van der Waals surface area contributed by atoms with Gasteiger partial charge in [0.05, 0.1) is 6.04 Å². The number of carbonyl (C=O) groups is 1. The fourth-order valence-electron chi connectivity index (χ4n) is 2.43. The summed E-state index contributed by atoms with van der Waals surface area (Å²) in [7, 11) is 1.67. The van der Waals surface area contributed by atoms with Gasteiger partial charge in [0.2, 0.25) is 0 Å². The number of anilines is 1. The molecule has 2 heterocycles. The van der Waals surface area contributed by atoms with Gasteiger partial charge in [0.15, 0.2) is 5.82 Å². The zero-order valence-electron chi connectivity index (χ0n) is 14.0. The lowest BCUT2D eigenvalue weighted by Crippen LogP contribution is -2.31. The highest BCUT2D eigenvalue weighted by molar-refractivity contribution is 5.88. The van der Waals surface area contributed by atoms with Crippen LogP contribution < -0.4 is 10.6 Å². The quantitative estimate of drug-likeness (QED) is 0.768. The highest BCUT2D eigenvalue weighted by Crippen LogP contribution is 2.21. The Morgan fingerprint density at radius 1 is 1.48 bits per heavy atom. The van der Waals surface area contributed by atoms with Crippen LogP contribution in [0.25, 0.3) is 0 Å². The van der Waals surface area contributed by atoms with E-state index in [1.165, 1.54) is 0 Å². The Hall–Kier alpha value is -2.28. The van der Waals surface area contributed by atoms with E-state index in [-0.39, 0.29) is 12.1 Å². The van der Waals surface area contributed by atoms with Crippen LogP contribution in [0.3, 0.4) is 0 Å². The van der Waals surface area contributed by atoms with Crippen LogP contribution in [0.1, 0.15) is 36.5 Å². The van der Waals surface area contributed by atoms with Crippen LogP contribution in [0.4, 0.5) is 10.6 Å². The summed E-state index contributed by atoms with van der Waals surface area (Å²) >= 11 is 0. The van der Waals surface area contributed by atoms with Gasteiger partial charge in [-0.3, -0.25) is 10.00 Å². The molecule has 2 amide bonds. The Kier molecular flexibility index (Phi) is 5.81. The molecule has 0 spiro atoms. The van der Waals surface area contributed by atoms with Crippen molar-refractivity contribution < 1.29 is 13.9 Å². The van der Waals surface area contributed by atoms with Crippen molar-refractivity contribution in [3.8, 4) is 0 Å². The molecule has 0 aliphatic carbocycles. The average Bonchev–Trinajstić information content (AvgIpc) is 3.05. The van der Waals surface area contributed by atoms with Crippen molar-refractivity contribution in [3.05, 3.63) is 35.4 Å². The number of carbonyl (C=O) groups excluding carboxylic acids is 1. The third-order valence-electron chi connectivity index (χ3n) is 3.51. The number of nitrogens with one attached hydrogen (secondary N) is 2. The second kappa shape index (κ2) is 7.82. The number of hydrogen-bond acceptors (Lipinski definition) is 4. The average molecular weight is 320 g/mol. The lowest BCUT2D eigenvalue weighted by Gasteiger charge is -2.13. The molecule has 0 saturated heterocycles. The number of urea groups is 1. The Bertz CT molecular complexity index is 648. The van der Waals surface area contributed by atoms with Gasteiger partial charge < -0.3 is 14.5 Å². The SMILES string of the molecule is COCCCn1ccc(NC(=O)NC(C)c2cc(C)oc2C)n1. The van der Waals surface area contributed by atoms with Gasteiger partial charge in [-0.15, -0.1) is 0 Å². The maximum absolute atomic E-state index is 12.1. The van der Waals surface area contributed by atoms with E-state index >= 15 is 0 Å². The van der Waals surface area contributed by atoms with E-state index in [2.05, 4.69) is 15.7 Å². The maximum Gasteiger partial charge on any atom is 0.320 e. The van der Waals surface area contributed by atoms with Crippen molar-refractivity contribution in [2.75, 3.05) is 19.0 Å². The molecule has 2 N–H and O–H groups in total. The summed E-state index contributed by atoms with van der Waals surface area (Å²) in [5.74, 6) is 2.17. The lowest BCUT2D eigenvalue weighted by atomic mass is 10.1. The van der Waals surface area contributed by atoms with E-state index in [9.17, 15) is 4.79 Å². The molecule has 1 unspecified atom stereocenters. The zero-order valence-corrected chi connectivity index (χ0v) is 14.0. The van der Waals surface area contributed by atoms with Crippen LogP contribution >= 0.6 is 0 Å². The van der Waals surface area contributed by atoms with E-state index in [1.54, 1.807) is 17.9 Å². The summed E-state index contributed by atoms with van der Waals surface area (Å²) in [5, 5.41) is 9.91. The first-order valence-electron chi connectivity index (χ1n) is 7.66. The first kappa shape index (κ1) is 17.1. The van der Waals surface area contributed by atoms with E-state index in [0.29, 0.717) is 12.4 Å². The molecule has 1 atom stereocenters. The van der Waals surface area contributed by atoms with Crippen molar-refractivity contribution in [2.24, 2.45) is 0 Å². The molecule has 0 fully saturated rings. The van der Waals surface area contributed by atoms with Gasteiger partial charge in [0.1, 0.15) is 11.5 Å². The zero-order chi connectivity index (χ0) is 16.8. The van der Waals surface area contributed by atoms with Crippen LogP contribution in [0.2, 0.25) is 0 Å². The van der Waals surface area contributed by atoms with Crippen LogP contribution in [0, 0.1) is 13.8 Å². The topological polar surface area (TPSA) is 81.3 Å². The molecule has 0 aromatic carbocycles. The molecule has 2 rings (SSSR count). The van der Waals surface area contributed by atoms with Crippen molar-refractivity contribution in [1.29, 1.82) is 0 Å². The predicted octanol–water partition coefficient (Wildman–Crippen LogP) is 3.01. The Balaban J connectivity index is 1.86. The predicted molar refractivity (Wildman–Crippen MR) is 87.5 cm³/mol. The second-order valence-electron chi connectivity index (χ2n) is 5.50. The van der Waals surface area contributed by atoms with Gasteiger partial charge in [0, 0.05) is 38.1 Å². The number of furan rings is 1. The maximum atomic E-state index is 12.1. The first-order valence-corrected chi connectivity index (χ1v) is 7.66. The normalized spacial score (nSPS) is 12.2. The van der Waals surface area contributed by atoms with E-state index in [4.69, 9.17) is 9.15 Å². The minimum Gasteiger partial charge on any atom is -0.466 e. The van der Waals surface area contributed by atoms with Crippen molar-refractivity contribution >= 4 is 11.8 Å². The summed E-state index contributed by atoms with van der Waals surface area (Å²) < 4.78 is 12.3. The number of ether oxygens (including phenoxy) is 1. The number of methoxy groups -OCH3 is 1. The molecular formula is C16H24N4O3. The fourth-order valence-corrected chi connectivity index (χ4v) is 2.43. The van der Waals surface area contributed by atoms with Crippen LogP contribution in [-0.2, 0) is 11.3 Å². The third-order valence-corrected chi connectivity index (χ3v) is 3.51. The smallest absolute Gasteiger partial charge is 0.320 e. The monoisotopic (exact) mass is 320 g/mol. The number of amides is 2. The van der Waals surface area contributed by atoms with Gasteiger partial charge in [-0.25, -0.2) is 4.79 Å². The minimum absolute atomic E-state index is 0.142. The molecule has 0 aliphatic rings. The van der Waals surface area contributed by atoms with E-state index in [1.807, 2.05) is 33.0 Å². The number of aromatic nitrogens is 2. The van der Waals surface area contributed by atoms with Gasteiger partial charge in [-0.2, -0.15) is 5.10 Å². The summed E-state index contributed by atoms with van der Waals surface area (Å²) in [6.07, 6.45) is 2.71. The highest BCUT2D eigenvalue weighted by atomic mass is 16.5. The molecule has 7 nitrogen and oxygen atoms in total. The standard InChI is InChI=1S/C16H24N4O3/c1-11-10-14(13(3)23-11)12(2)17-16(21)18-15-6-8-20(19-15)7-5-9-22-4/h6,8,10,12H,5,7,9H2,1-4H3,(H2,17,18,19,21). The number of nitrogens with zero attached hydrogens (tertiary/aromatic N) is 2. The molecule has 2 aromatic rings. The van der Waals surface area contributed by atoms with Gasteiger partial charge in [-0.05, 0) is 33.3 Å². The number of rotatable bonds is 7. The molecule has 0 bridgehead atoms. The molecule has 0 aliphatic heterocycles. The van der Waals surface area contributed by atoms with Crippen LogP contribution in [0.5, 0.6) is 0 Å². The van der Waals surface area contributed by atoms with Crippen molar-refractivity contribution in [3.63, 3.8) is 0 Å². The molecular weight excluding hydrogens is 296 g/mol. The van der Waals surface area contributed by atoms with Crippen LogP contribution in [0.15, 0.2) is 22.7 Å². The second-order valence-corrected chi connectivity index (χ2v) is 5.50. The number of aryl methyl sites for hydroxylation is 3.